The van der Waals surface area contributed by atoms with Crippen LogP contribution in [0.1, 0.15) is 42.7 Å². The van der Waals surface area contributed by atoms with Gasteiger partial charge in [-0.1, -0.05) is 12.1 Å². The van der Waals surface area contributed by atoms with Gasteiger partial charge in [0.05, 0.1) is 5.69 Å². The van der Waals surface area contributed by atoms with Gasteiger partial charge in [-0.3, -0.25) is 0 Å². The summed E-state index contributed by atoms with van der Waals surface area (Å²) in [4.78, 5) is 0. The van der Waals surface area contributed by atoms with Gasteiger partial charge in [0.15, 0.2) is 0 Å². The molecule has 2 nitrogen and oxygen atoms in total. The van der Waals surface area contributed by atoms with E-state index in [0.29, 0.717) is 11.7 Å². The average molecular weight is 183 g/mol. The van der Waals surface area contributed by atoms with Crippen LogP contribution in [0.5, 0.6) is 0 Å². The van der Waals surface area contributed by atoms with E-state index in [2.05, 4.69) is 24.7 Å². The van der Waals surface area contributed by atoms with Crippen molar-refractivity contribution >= 4 is 12.6 Å². The van der Waals surface area contributed by atoms with E-state index in [-0.39, 0.29) is 0 Å². The molecule has 1 aromatic rings. The minimum absolute atomic E-state index is 0.612. The Balaban J connectivity index is 2.35. The maximum absolute atomic E-state index is 5.30. The number of thiol groups is 1. The predicted octanol–water partition coefficient (Wildman–Crippen LogP) is 2.54. The van der Waals surface area contributed by atoms with Crippen molar-refractivity contribution in [2.24, 2.45) is 0 Å². The number of aromatic nitrogens is 1. The second kappa shape index (κ2) is 3.13. The van der Waals surface area contributed by atoms with Gasteiger partial charge < -0.3 is 4.52 Å². The third-order valence-corrected chi connectivity index (χ3v) is 2.96. The summed E-state index contributed by atoms with van der Waals surface area (Å²) in [6.45, 7) is 2.20. The molecule has 3 heteroatoms. The van der Waals surface area contributed by atoms with Crippen molar-refractivity contribution in [2.75, 3.05) is 0 Å². The van der Waals surface area contributed by atoms with Crippen LogP contribution in [0.15, 0.2) is 4.52 Å². The standard InChI is InChI=1S/C9H13NOS/c1-2-6-3-4-7-8(5-12)10-11-9(6)7/h6,12H,2-5H2,1H3. The van der Waals surface area contributed by atoms with Gasteiger partial charge >= 0.3 is 0 Å². The largest absolute Gasteiger partial charge is 0.361 e. The fourth-order valence-electron chi connectivity index (χ4n) is 1.91. The molecule has 0 N–H and O–H groups in total. The van der Waals surface area contributed by atoms with Gasteiger partial charge in [-0.05, 0) is 19.3 Å². The molecule has 0 aliphatic heterocycles. The molecule has 1 aliphatic carbocycles. The summed E-state index contributed by atoms with van der Waals surface area (Å²) in [6.07, 6.45) is 3.52. The van der Waals surface area contributed by atoms with Crippen LogP contribution in [-0.4, -0.2) is 5.16 Å². The molecule has 0 saturated carbocycles. The summed E-state index contributed by atoms with van der Waals surface area (Å²) >= 11 is 4.21. The molecule has 1 unspecified atom stereocenters. The fraction of sp³-hybridized carbons (Fsp3) is 0.667. The molecule has 0 radical (unpaired) electrons. The van der Waals surface area contributed by atoms with Gasteiger partial charge in [-0.2, -0.15) is 12.6 Å². The summed E-state index contributed by atoms with van der Waals surface area (Å²) < 4.78 is 5.30. The molecule has 0 amide bonds. The quantitative estimate of drug-likeness (QED) is 0.713. The Bertz CT molecular complexity index is 282. The van der Waals surface area contributed by atoms with Crippen LogP contribution in [0.3, 0.4) is 0 Å². The van der Waals surface area contributed by atoms with Gasteiger partial charge in [0.25, 0.3) is 0 Å². The van der Waals surface area contributed by atoms with Crippen molar-refractivity contribution in [2.45, 2.75) is 37.9 Å². The zero-order valence-corrected chi connectivity index (χ0v) is 8.10. The molecule has 0 aromatic carbocycles. The van der Waals surface area contributed by atoms with Crippen LogP contribution in [-0.2, 0) is 12.2 Å². The highest BCUT2D eigenvalue weighted by molar-refractivity contribution is 7.79. The molecule has 2 rings (SSSR count). The Kier molecular flexibility index (Phi) is 2.13. The lowest BCUT2D eigenvalue weighted by molar-refractivity contribution is 0.356. The maximum atomic E-state index is 5.30. The molecule has 1 heterocycles. The molecule has 0 spiro atoms. The minimum Gasteiger partial charge on any atom is -0.361 e. The second-order valence-corrected chi connectivity index (χ2v) is 3.59. The van der Waals surface area contributed by atoms with Gasteiger partial charge in [-0.15, -0.1) is 0 Å². The van der Waals surface area contributed by atoms with E-state index in [0.717, 1.165) is 24.3 Å². The second-order valence-electron chi connectivity index (χ2n) is 3.27. The van der Waals surface area contributed by atoms with Gasteiger partial charge in [0, 0.05) is 17.2 Å². The minimum atomic E-state index is 0.612. The molecule has 66 valence electrons. The summed E-state index contributed by atoms with van der Waals surface area (Å²) in [5.74, 6) is 2.44. The van der Waals surface area contributed by atoms with Crippen LogP contribution < -0.4 is 0 Å². The van der Waals surface area contributed by atoms with E-state index >= 15 is 0 Å². The van der Waals surface area contributed by atoms with Gasteiger partial charge in [-0.25, -0.2) is 0 Å². The van der Waals surface area contributed by atoms with Crippen molar-refractivity contribution < 1.29 is 4.52 Å². The van der Waals surface area contributed by atoms with E-state index in [9.17, 15) is 0 Å². The molecule has 0 bridgehead atoms. The highest BCUT2D eigenvalue weighted by Gasteiger charge is 2.28. The third-order valence-electron chi connectivity index (χ3n) is 2.66. The van der Waals surface area contributed by atoms with Crippen molar-refractivity contribution in [1.82, 2.24) is 5.16 Å². The number of hydrogen-bond acceptors (Lipinski definition) is 3. The lowest BCUT2D eigenvalue weighted by atomic mass is 10.1. The first kappa shape index (κ1) is 8.17. The summed E-state index contributed by atoms with van der Waals surface area (Å²) in [5.41, 5.74) is 2.38. The first-order valence-corrected chi connectivity index (χ1v) is 5.08. The van der Waals surface area contributed by atoms with Crippen LogP contribution in [0.25, 0.3) is 0 Å². The van der Waals surface area contributed by atoms with Crippen molar-refractivity contribution in [1.29, 1.82) is 0 Å². The fourth-order valence-corrected chi connectivity index (χ4v) is 2.16. The Labute approximate surface area is 77.7 Å². The van der Waals surface area contributed by atoms with Crippen molar-refractivity contribution in [3.8, 4) is 0 Å². The Hall–Kier alpha value is -0.440. The van der Waals surface area contributed by atoms with Gasteiger partial charge in [0.2, 0.25) is 0 Å². The molecule has 0 saturated heterocycles. The van der Waals surface area contributed by atoms with E-state index < -0.39 is 0 Å². The number of hydrogen-bond donors (Lipinski definition) is 1. The van der Waals surface area contributed by atoms with Crippen molar-refractivity contribution in [3.05, 3.63) is 17.0 Å². The Morgan fingerprint density at radius 2 is 2.50 bits per heavy atom. The smallest absolute Gasteiger partial charge is 0.143 e. The van der Waals surface area contributed by atoms with E-state index in [1.54, 1.807) is 0 Å². The number of rotatable bonds is 2. The van der Waals surface area contributed by atoms with Crippen LogP contribution in [0, 0.1) is 0 Å². The normalized spacial score (nSPS) is 21.3. The number of fused-ring (bicyclic) bond motifs is 1. The maximum Gasteiger partial charge on any atom is 0.143 e. The SMILES string of the molecule is CCC1CCc2c(CS)noc21. The summed E-state index contributed by atoms with van der Waals surface area (Å²) in [5, 5.41) is 4.00. The zero-order valence-electron chi connectivity index (χ0n) is 7.21. The molecular weight excluding hydrogens is 170 g/mol. The lowest BCUT2D eigenvalue weighted by Gasteiger charge is -2.00. The van der Waals surface area contributed by atoms with E-state index in [4.69, 9.17) is 4.52 Å². The molecule has 1 atom stereocenters. The molecule has 1 aliphatic rings. The van der Waals surface area contributed by atoms with Crippen molar-refractivity contribution in [3.63, 3.8) is 0 Å². The van der Waals surface area contributed by atoms with Gasteiger partial charge in [0.1, 0.15) is 5.76 Å². The van der Waals surface area contributed by atoms with E-state index in [1.807, 2.05) is 0 Å². The van der Waals surface area contributed by atoms with E-state index in [1.165, 1.54) is 12.0 Å². The van der Waals surface area contributed by atoms with Crippen LogP contribution in [0.4, 0.5) is 0 Å². The topological polar surface area (TPSA) is 26.0 Å². The molecule has 12 heavy (non-hydrogen) atoms. The lowest BCUT2D eigenvalue weighted by Crippen LogP contribution is -1.87. The third kappa shape index (κ3) is 1.07. The highest BCUT2D eigenvalue weighted by Crippen LogP contribution is 2.37. The van der Waals surface area contributed by atoms with Crippen LogP contribution in [0.2, 0.25) is 0 Å². The first-order chi connectivity index (χ1) is 5.86. The molecular formula is C9H13NOS. The Morgan fingerprint density at radius 3 is 3.17 bits per heavy atom. The average Bonchev–Trinajstić information content (AvgIpc) is 2.62. The highest BCUT2D eigenvalue weighted by atomic mass is 32.1. The molecule has 1 aromatic heterocycles. The predicted molar refractivity (Wildman–Crippen MR) is 50.5 cm³/mol. The molecule has 0 fully saturated rings. The Morgan fingerprint density at radius 1 is 1.67 bits per heavy atom. The number of nitrogens with zero attached hydrogens (tertiary/aromatic N) is 1. The first-order valence-electron chi connectivity index (χ1n) is 4.45. The summed E-state index contributed by atoms with van der Waals surface area (Å²) in [7, 11) is 0. The monoisotopic (exact) mass is 183 g/mol. The summed E-state index contributed by atoms with van der Waals surface area (Å²) in [6, 6.07) is 0. The van der Waals surface area contributed by atoms with Crippen LogP contribution >= 0.6 is 12.6 Å². The zero-order chi connectivity index (χ0) is 8.55.